The average molecular weight is 193 g/mol. The van der Waals surface area contributed by atoms with Gasteiger partial charge < -0.3 is 16.2 Å². The highest BCUT2D eigenvalue weighted by atomic mass is 16.3. The van der Waals surface area contributed by atoms with Gasteiger partial charge in [-0.25, -0.2) is 0 Å². The molecule has 0 aliphatic carbocycles. The topological polar surface area (TPSA) is 71.2 Å². The number of nitrogens with zero attached hydrogens (tertiary/aromatic N) is 1. The van der Waals surface area contributed by atoms with Crippen LogP contribution in [0.5, 0.6) is 0 Å². The summed E-state index contributed by atoms with van der Waals surface area (Å²) in [6.07, 6.45) is 3.47. The first-order chi connectivity index (χ1) is 6.77. The maximum absolute atomic E-state index is 9.23. The predicted molar refractivity (Wildman–Crippen MR) is 53.5 cm³/mol. The third kappa shape index (κ3) is 1.41. The first kappa shape index (κ1) is 9.58. The van der Waals surface area contributed by atoms with Crippen LogP contribution in [0.25, 0.3) is 0 Å². The minimum atomic E-state index is -0.447. The van der Waals surface area contributed by atoms with Crippen molar-refractivity contribution in [3.63, 3.8) is 0 Å². The van der Waals surface area contributed by atoms with E-state index in [1.807, 2.05) is 12.1 Å². The molecule has 0 aromatic carbocycles. The molecule has 2 rings (SSSR count). The zero-order chi connectivity index (χ0) is 10.0. The molecule has 0 bridgehead atoms. The second-order valence-corrected chi connectivity index (χ2v) is 3.79. The summed E-state index contributed by atoms with van der Waals surface area (Å²) in [6.45, 7) is 1.60. The number of hydrogen-bond donors (Lipinski definition) is 3. The van der Waals surface area contributed by atoms with Crippen molar-refractivity contribution in [2.75, 3.05) is 19.7 Å². The van der Waals surface area contributed by atoms with E-state index in [1.165, 1.54) is 0 Å². The number of aromatic nitrogens is 1. The maximum atomic E-state index is 9.23. The van der Waals surface area contributed by atoms with Gasteiger partial charge in [0.2, 0.25) is 0 Å². The number of pyridine rings is 1. The zero-order valence-electron chi connectivity index (χ0n) is 7.98. The number of hydrogen-bond acceptors (Lipinski definition) is 4. The van der Waals surface area contributed by atoms with Gasteiger partial charge in [0, 0.05) is 38.0 Å². The molecule has 4 heteroatoms. The van der Waals surface area contributed by atoms with Crippen LogP contribution in [0, 0.1) is 5.92 Å². The molecule has 14 heavy (non-hydrogen) atoms. The van der Waals surface area contributed by atoms with E-state index in [0.29, 0.717) is 6.54 Å². The number of nitrogens with two attached hydrogens (primary N) is 1. The summed E-state index contributed by atoms with van der Waals surface area (Å²) in [5.74, 6) is 0.0879. The highest BCUT2D eigenvalue weighted by Gasteiger charge is 2.40. The van der Waals surface area contributed by atoms with E-state index in [2.05, 4.69) is 10.3 Å². The molecule has 1 fully saturated rings. The number of aliphatic hydroxyl groups excluding tert-OH is 1. The fourth-order valence-corrected chi connectivity index (χ4v) is 2.01. The molecule has 0 spiro atoms. The Labute approximate surface area is 83.2 Å². The minimum Gasteiger partial charge on any atom is -0.396 e. The van der Waals surface area contributed by atoms with Gasteiger partial charge in [0.25, 0.3) is 0 Å². The fourth-order valence-electron chi connectivity index (χ4n) is 2.01. The summed E-state index contributed by atoms with van der Waals surface area (Å²) in [6, 6.07) is 3.82. The summed E-state index contributed by atoms with van der Waals surface area (Å²) in [5.41, 5.74) is 6.88. The van der Waals surface area contributed by atoms with Crippen molar-refractivity contribution in [2.45, 2.75) is 5.54 Å². The van der Waals surface area contributed by atoms with Crippen LogP contribution < -0.4 is 11.1 Å². The van der Waals surface area contributed by atoms with Gasteiger partial charge in [0.15, 0.2) is 0 Å². The van der Waals surface area contributed by atoms with Gasteiger partial charge in [-0.1, -0.05) is 0 Å². The van der Waals surface area contributed by atoms with Gasteiger partial charge in [0.1, 0.15) is 0 Å². The molecular formula is C10H15N3O. The van der Waals surface area contributed by atoms with Crippen molar-refractivity contribution in [3.8, 4) is 0 Å². The predicted octanol–water partition coefficient (Wildman–Crippen LogP) is -0.553. The highest BCUT2D eigenvalue weighted by Crippen LogP contribution is 2.29. The molecule has 1 aliphatic rings. The van der Waals surface area contributed by atoms with E-state index < -0.39 is 5.54 Å². The van der Waals surface area contributed by atoms with Gasteiger partial charge in [-0.2, -0.15) is 0 Å². The Balaban J connectivity index is 2.31. The number of rotatable bonds is 2. The third-order valence-electron chi connectivity index (χ3n) is 2.97. The van der Waals surface area contributed by atoms with Crippen LogP contribution in [0.15, 0.2) is 24.5 Å². The molecule has 2 heterocycles. The Hall–Kier alpha value is -0.970. The van der Waals surface area contributed by atoms with E-state index >= 15 is 0 Å². The molecule has 4 nitrogen and oxygen atoms in total. The molecule has 0 saturated carbocycles. The normalized spacial score (nSPS) is 32.0. The molecule has 2 unspecified atom stereocenters. The summed E-state index contributed by atoms with van der Waals surface area (Å²) in [7, 11) is 0. The standard InChI is InChI=1S/C10H15N3O/c11-10(7-13-5-9(10)6-14)8-1-3-12-4-2-8/h1-4,9,13-14H,5-7,11H2. The summed E-state index contributed by atoms with van der Waals surface area (Å²) in [4.78, 5) is 3.96. The third-order valence-corrected chi connectivity index (χ3v) is 2.97. The van der Waals surface area contributed by atoms with E-state index in [0.717, 1.165) is 12.1 Å². The lowest BCUT2D eigenvalue weighted by atomic mass is 9.82. The molecule has 0 radical (unpaired) electrons. The van der Waals surface area contributed by atoms with Crippen molar-refractivity contribution in [1.82, 2.24) is 10.3 Å². The van der Waals surface area contributed by atoms with Crippen molar-refractivity contribution in [1.29, 1.82) is 0 Å². The van der Waals surface area contributed by atoms with Crippen molar-refractivity contribution >= 4 is 0 Å². The Morgan fingerprint density at radius 2 is 2.29 bits per heavy atom. The second-order valence-electron chi connectivity index (χ2n) is 3.79. The van der Waals surface area contributed by atoms with E-state index in [1.54, 1.807) is 12.4 Å². The van der Waals surface area contributed by atoms with Gasteiger partial charge in [-0.05, 0) is 17.7 Å². The summed E-state index contributed by atoms with van der Waals surface area (Å²) >= 11 is 0. The fraction of sp³-hybridized carbons (Fsp3) is 0.500. The van der Waals surface area contributed by atoms with Crippen LogP contribution >= 0.6 is 0 Å². The van der Waals surface area contributed by atoms with Gasteiger partial charge in [0.05, 0.1) is 5.54 Å². The molecular weight excluding hydrogens is 178 g/mol. The first-order valence-corrected chi connectivity index (χ1v) is 4.78. The molecule has 1 aromatic heterocycles. The lowest BCUT2D eigenvalue weighted by Gasteiger charge is -2.29. The van der Waals surface area contributed by atoms with Crippen molar-refractivity contribution in [2.24, 2.45) is 11.7 Å². The van der Waals surface area contributed by atoms with Crippen molar-refractivity contribution in [3.05, 3.63) is 30.1 Å². The minimum absolute atomic E-state index is 0.0879. The molecule has 76 valence electrons. The van der Waals surface area contributed by atoms with Crippen LogP contribution in [-0.2, 0) is 5.54 Å². The molecule has 2 atom stereocenters. The molecule has 0 amide bonds. The Morgan fingerprint density at radius 1 is 1.57 bits per heavy atom. The maximum Gasteiger partial charge on any atom is 0.0599 e. The second kappa shape index (κ2) is 3.65. The first-order valence-electron chi connectivity index (χ1n) is 4.78. The van der Waals surface area contributed by atoms with Crippen LogP contribution in [-0.4, -0.2) is 29.8 Å². The van der Waals surface area contributed by atoms with Crippen LogP contribution in [0.4, 0.5) is 0 Å². The number of nitrogens with one attached hydrogen (secondary N) is 1. The lowest BCUT2D eigenvalue weighted by molar-refractivity contribution is 0.187. The average Bonchev–Trinajstić information content (AvgIpc) is 2.62. The summed E-state index contributed by atoms with van der Waals surface area (Å²) in [5, 5.41) is 12.4. The van der Waals surface area contributed by atoms with E-state index in [4.69, 9.17) is 5.73 Å². The van der Waals surface area contributed by atoms with Crippen LogP contribution in [0.1, 0.15) is 5.56 Å². The largest absolute Gasteiger partial charge is 0.396 e. The zero-order valence-corrected chi connectivity index (χ0v) is 7.98. The lowest BCUT2D eigenvalue weighted by Crippen LogP contribution is -2.45. The van der Waals surface area contributed by atoms with Gasteiger partial charge >= 0.3 is 0 Å². The van der Waals surface area contributed by atoms with E-state index in [-0.39, 0.29) is 12.5 Å². The Bertz CT molecular complexity index is 303. The van der Waals surface area contributed by atoms with Crippen LogP contribution in [0.2, 0.25) is 0 Å². The molecule has 1 saturated heterocycles. The summed E-state index contributed by atoms with van der Waals surface area (Å²) < 4.78 is 0. The Morgan fingerprint density at radius 3 is 2.93 bits per heavy atom. The Kier molecular flexibility index (Phi) is 2.50. The highest BCUT2D eigenvalue weighted by molar-refractivity contribution is 5.25. The molecule has 4 N–H and O–H groups in total. The quantitative estimate of drug-likeness (QED) is 0.589. The SMILES string of the molecule is NC1(c2ccncc2)CNCC1CO. The van der Waals surface area contributed by atoms with E-state index in [9.17, 15) is 5.11 Å². The van der Waals surface area contributed by atoms with Crippen molar-refractivity contribution < 1.29 is 5.11 Å². The molecule has 1 aromatic rings. The van der Waals surface area contributed by atoms with Gasteiger partial charge in [-0.15, -0.1) is 0 Å². The smallest absolute Gasteiger partial charge is 0.0599 e. The molecule has 1 aliphatic heterocycles. The van der Waals surface area contributed by atoms with Gasteiger partial charge in [-0.3, -0.25) is 4.98 Å². The monoisotopic (exact) mass is 193 g/mol. The van der Waals surface area contributed by atoms with Crippen LogP contribution in [0.3, 0.4) is 0 Å². The number of aliphatic hydroxyl groups is 1.